The Hall–Kier alpha value is -1.48. The Kier molecular flexibility index (Phi) is 3.92. The lowest BCUT2D eigenvalue weighted by molar-refractivity contribution is -0.131. The van der Waals surface area contributed by atoms with E-state index in [-0.39, 0.29) is 0 Å². The van der Waals surface area contributed by atoms with E-state index in [1.807, 2.05) is 12.1 Å². The topological polar surface area (TPSA) is 40.5 Å². The van der Waals surface area contributed by atoms with Crippen LogP contribution in [0.1, 0.15) is 18.9 Å². The lowest BCUT2D eigenvalue weighted by Gasteiger charge is -2.19. The maximum absolute atomic E-state index is 10.4. The molecule has 0 spiro atoms. The molecule has 0 radical (unpaired) electrons. The second kappa shape index (κ2) is 5.44. The molecule has 1 heterocycles. The molecule has 1 aromatic rings. The number of anilines is 1. The smallest absolute Gasteiger partial charge is 0.328 e. The second-order valence-electron chi connectivity index (χ2n) is 4.72. The summed E-state index contributed by atoms with van der Waals surface area (Å²) in [6.07, 6.45) is 3.85. The van der Waals surface area contributed by atoms with E-state index in [2.05, 4.69) is 11.8 Å². The lowest BCUT2D eigenvalue weighted by atomic mass is 10.1. The van der Waals surface area contributed by atoms with Crippen LogP contribution in [0.25, 0.3) is 6.08 Å². The predicted molar refractivity (Wildman–Crippen MR) is 74.1 cm³/mol. The molecule has 0 aliphatic carbocycles. The van der Waals surface area contributed by atoms with E-state index in [4.69, 9.17) is 16.7 Å². The third kappa shape index (κ3) is 3.05. The summed E-state index contributed by atoms with van der Waals surface area (Å²) in [5.74, 6) is -0.254. The van der Waals surface area contributed by atoms with Crippen molar-refractivity contribution in [1.29, 1.82) is 0 Å². The van der Waals surface area contributed by atoms with Crippen LogP contribution in [0, 0.1) is 5.92 Å². The van der Waals surface area contributed by atoms with E-state index in [0.29, 0.717) is 10.9 Å². The average Bonchev–Trinajstić information content (AvgIpc) is 2.73. The van der Waals surface area contributed by atoms with Gasteiger partial charge in [-0.1, -0.05) is 24.6 Å². The molecule has 1 N–H and O–H groups in total. The van der Waals surface area contributed by atoms with Crippen LogP contribution in [-0.4, -0.2) is 24.2 Å². The first kappa shape index (κ1) is 13.0. The van der Waals surface area contributed by atoms with Gasteiger partial charge in [0.15, 0.2) is 0 Å². The molecular weight excluding hydrogens is 250 g/mol. The van der Waals surface area contributed by atoms with Gasteiger partial charge in [0.05, 0.1) is 10.7 Å². The van der Waals surface area contributed by atoms with Crippen LogP contribution >= 0.6 is 11.6 Å². The number of halogens is 1. The molecule has 4 heteroatoms. The van der Waals surface area contributed by atoms with Gasteiger partial charge in [0.25, 0.3) is 0 Å². The third-order valence-electron chi connectivity index (χ3n) is 3.15. The van der Waals surface area contributed by atoms with Crippen LogP contribution in [0.5, 0.6) is 0 Å². The molecular formula is C14H16ClNO2. The summed E-state index contributed by atoms with van der Waals surface area (Å²) in [6.45, 7) is 4.30. The monoisotopic (exact) mass is 265 g/mol. The summed E-state index contributed by atoms with van der Waals surface area (Å²) in [6, 6.07) is 5.66. The van der Waals surface area contributed by atoms with Crippen molar-refractivity contribution in [3.63, 3.8) is 0 Å². The number of carboxylic acids is 1. The number of hydrogen-bond acceptors (Lipinski definition) is 2. The second-order valence-corrected chi connectivity index (χ2v) is 5.13. The molecule has 1 atom stereocenters. The minimum Gasteiger partial charge on any atom is -0.478 e. The van der Waals surface area contributed by atoms with Crippen LogP contribution in [-0.2, 0) is 4.79 Å². The number of hydrogen-bond donors (Lipinski definition) is 1. The van der Waals surface area contributed by atoms with Gasteiger partial charge in [-0.2, -0.15) is 0 Å². The Morgan fingerprint density at radius 2 is 2.33 bits per heavy atom. The van der Waals surface area contributed by atoms with Gasteiger partial charge >= 0.3 is 5.97 Å². The largest absolute Gasteiger partial charge is 0.478 e. The summed E-state index contributed by atoms with van der Waals surface area (Å²) in [5.41, 5.74) is 1.84. The zero-order chi connectivity index (χ0) is 13.1. The highest BCUT2D eigenvalue weighted by molar-refractivity contribution is 6.33. The summed E-state index contributed by atoms with van der Waals surface area (Å²) in [7, 11) is 0. The molecule has 1 fully saturated rings. The zero-order valence-corrected chi connectivity index (χ0v) is 11.0. The highest BCUT2D eigenvalue weighted by Crippen LogP contribution is 2.31. The number of rotatable bonds is 3. The van der Waals surface area contributed by atoms with Crippen LogP contribution < -0.4 is 4.90 Å². The summed E-state index contributed by atoms with van der Waals surface area (Å²) >= 11 is 6.25. The van der Waals surface area contributed by atoms with Crippen LogP contribution in [0.4, 0.5) is 5.69 Å². The molecule has 0 amide bonds. The molecule has 3 nitrogen and oxygen atoms in total. The molecule has 1 unspecified atom stereocenters. The van der Waals surface area contributed by atoms with Crippen molar-refractivity contribution in [2.75, 3.05) is 18.0 Å². The first-order chi connectivity index (χ1) is 8.56. The normalized spacial score (nSPS) is 19.7. The van der Waals surface area contributed by atoms with Crippen molar-refractivity contribution in [1.82, 2.24) is 0 Å². The minimum absolute atomic E-state index is 0.677. The van der Waals surface area contributed by atoms with E-state index < -0.39 is 5.97 Å². The number of benzene rings is 1. The minimum atomic E-state index is -0.955. The fourth-order valence-corrected chi connectivity index (χ4v) is 2.51. The molecule has 96 valence electrons. The quantitative estimate of drug-likeness (QED) is 0.853. The van der Waals surface area contributed by atoms with Gasteiger partial charge in [0, 0.05) is 19.2 Å². The lowest BCUT2D eigenvalue weighted by Crippen LogP contribution is -2.19. The van der Waals surface area contributed by atoms with E-state index in [0.717, 1.165) is 30.4 Å². The SMILES string of the molecule is CC1CCN(c2ccc(/C=C/C(=O)O)cc2Cl)C1. The van der Waals surface area contributed by atoms with E-state index in [1.165, 1.54) is 6.42 Å². The first-order valence-corrected chi connectivity index (χ1v) is 6.39. The third-order valence-corrected chi connectivity index (χ3v) is 3.46. The van der Waals surface area contributed by atoms with Gasteiger partial charge in [-0.05, 0) is 36.1 Å². The molecule has 1 aliphatic heterocycles. The fraction of sp³-hybridized carbons (Fsp3) is 0.357. The number of aliphatic carboxylic acids is 1. The highest BCUT2D eigenvalue weighted by atomic mass is 35.5. The Morgan fingerprint density at radius 3 is 2.89 bits per heavy atom. The van der Waals surface area contributed by atoms with Crippen molar-refractivity contribution in [2.45, 2.75) is 13.3 Å². The Balaban J connectivity index is 2.17. The standard InChI is InChI=1S/C14H16ClNO2/c1-10-6-7-16(9-10)13-4-2-11(8-12(13)15)3-5-14(17)18/h2-5,8,10H,6-7,9H2,1H3,(H,17,18)/b5-3+. The van der Waals surface area contributed by atoms with Gasteiger partial charge in [0.1, 0.15) is 0 Å². The molecule has 2 rings (SSSR count). The summed E-state index contributed by atoms with van der Waals surface area (Å²) < 4.78 is 0. The van der Waals surface area contributed by atoms with Gasteiger partial charge in [-0.25, -0.2) is 4.79 Å². The number of carbonyl (C=O) groups is 1. The van der Waals surface area contributed by atoms with Gasteiger partial charge in [-0.15, -0.1) is 0 Å². The molecule has 0 bridgehead atoms. The van der Waals surface area contributed by atoms with Gasteiger partial charge < -0.3 is 10.0 Å². The molecule has 1 saturated heterocycles. The highest BCUT2D eigenvalue weighted by Gasteiger charge is 2.20. The van der Waals surface area contributed by atoms with Crippen molar-refractivity contribution in [3.8, 4) is 0 Å². The molecule has 0 aromatic heterocycles. The molecule has 1 aliphatic rings. The molecule has 0 saturated carbocycles. The summed E-state index contributed by atoms with van der Waals surface area (Å²) in [4.78, 5) is 12.7. The summed E-state index contributed by atoms with van der Waals surface area (Å²) in [5, 5.41) is 9.25. The van der Waals surface area contributed by atoms with Crippen molar-refractivity contribution in [2.24, 2.45) is 5.92 Å². The fourth-order valence-electron chi connectivity index (χ4n) is 2.20. The maximum atomic E-state index is 10.4. The zero-order valence-electron chi connectivity index (χ0n) is 10.3. The van der Waals surface area contributed by atoms with E-state index in [1.54, 1.807) is 12.1 Å². The maximum Gasteiger partial charge on any atom is 0.328 e. The average molecular weight is 266 g/mol. The predicted octanol–water partition coefficient (Wildman–Crippen LogP) is 3.28. The van der Waals surface area contributed by atoms with Gasteiger partial charge in [-0.3, -0.25) is 0 Å². The Bertz CT molecular complexity index is 485. The van der Waals surface area contributed by atoms with Crippen LogP contribution in [0.2, 0.25) is 5.02 Å². The van der Waals surface area contributed by atoms with Crippen LogP contribution in [0.15, 0.2) is 24.3 Å². The van der Waals surface area contributed by atoms with Gasteiger partial charge in [0.2, 0.25) is 0 Å². The molecule has 18 heavy (non-hydrogen) atoms. The molecule has 1 aromatic carbocycles. The van der Waals surface area contributed by atoms with E-state index in [9.17, 15) is 4.79 Å². The van der Waals surface area contributed by atoms with E-state index >= 15 is 0 Å². The Morgan fingerprint density at radius 1 is 1.56 bits per heavy atom. The van der Waals surface area contributed by atoms with Crippen molar-refractivity contribution in [3.05, 3.63) is 34.9 Å². The van der Waals surface area contributed by atoms with Crippen molar-refractivity contribution < 1.29 is 9.90 Å². The number of carboxylic acid groups (broad SMARTS) is 1. The van der Waals surface area contributed by atoms with Crippen molar-refractivity contribution >= 4 is 29.3 Å². The first-order valence-electron chi connectivity index (χ1n) is 6.02. The van der Waals surface area contributed by atoms with Crippen LogP contribution in [0.3, 0.4) is 0 Å². The number of nitrogens with zero attached hydrogens (tertiary/aromatic N) is 1. The Labute approximate surface area is 112 Å².